The lowest BCUT2D eigenvalue weighted by molar-refractivity contribution is -0.123. The van der Waals surface area contributed by atoms with Crippen LogP contribution < -0.4 is 10.9 Å². The molecule has 0 radical (unpaired) electrons. The summed E-state index contributed by atoms with van der Waals surface area (Å²) < 4.78 is 1.30. The zero-order valence-corrected chi connectivity index (χ0v) is 12.9. The Morgan fingerprint density at radius 1 is 1.57 bits per heavy atom. The Bertz CT molecular complexity index is 694. The van der Waals surface area contributed by atoms with Gasteiger partial charge in [-0.25, -0.2) is 4.98 Å². The van der Waals surface area contributed by atoms with E-state index in [0.717, 1.165) is 0 Å². The maximum atomic E-state index is 12.2. The van der Waals surface area contributed by atoms with E-state index in [4.69, 9.17) is 5.11 Å². The van der Waals surface area contributed by atoms with Gasteiger partial charge < -0.3 is 10.4 Å². The fourth-order valence-electron chi connectivity index (χ4n) is 2.11. The Balaban J connectivity index is 2.14. The number of fused-ring (bicyclic) bond motifs is 1. The van der Waals surface area contributed by atoms with Crippen LogP contribution in [0, 0.1) is 0 Å². The summed E-state index contributed by atoms with van der Waals surface area (Å²) >= 11 is 1.40. The first-order valence-corrected chi connectivity index (χ1v) is 7.71. The molecule has 0 aromatic carbocycles. The summed E-state index contributed by atoms with van der Waals surface area (Å²) in [6.07, 6.45) is 2.58. The Kier molecular flexibility index (Phi) is 4.74. The van der Waals surface area contributed by atoms with Crippen LogP contribution in [0.15, 0.2) is 22.6 Å². The number of aliphatic hydroxyl groups is 1. The van der Waals surface area contributed by atoms with Gasteiger partial charge in [0.05, 0.1) is 11.7 Å². The largest absolute Gasteiger partial charge is 0.396 e. The maximum Gasteiger partial charge on any atom is 0.262 e. The standard InChI is InChI=1S/C14H19N3O3S/c1-3-14(2,5-6-18)16-11(19)8-17-9-15-12-10(13(17)20)4-7-21-12/h4,7,9,18H,3,5-6,8H2,1-2H3,(H,16,19). The highest BCUT2D eigenvalue weighted by atomic mass is 32.1. The molecule has 0 saturated carbocycles. The normalized spacial score (nSPS) is 14.0. The van der Waals surface area contributed by atoms with Crippen molar-refractivity contribution in [2.45, 2.75) is 38.8 Å². The lowest BCUT2D eigenvalue weighted by Gasteiger charge is -2.29. The molecule has 2 heterocycles. The van der Waals surface area contributed by atoms with Crippen LogP contribution in [0.2, 0.25) is 0 Å². The first kappa shape index (κ1) is 15.7. The summed E-state index contributed by atoms with van der Waals surface area (Å²) in [5.41, 5.74) is -0.674. The molecule has 114 valence electrons. The van der Waals surface area contributed by atoms with Crippen LogP contribution >= 0.6 is 11.3 Å². The molecule has 0 aliphatic carbocycles. The average molecular weight is 309 g/mol. The monoisotopic (exact) mass is 309 g/mol. The first-order chi connectivity index (χ1) is 9.99. The summed E-state index contributed by atoms with van der Waals surface area (Å²) in [5.74, 6) is -0.258. The molecule has 7 heteroatoms. The molecule has 6 nitrogen and oxygen atoms in total. The second-order valence-corrected chi connectivity index (χ2v) is 6.15. The molecule has 0 fully saturated rings. The van der Waals surface area contributed by atoms with Gasteiger partial charge in [-0.3, -0.25) is 14.2 Å². The summed E-state index contributed by atoms with van der Waals surface area (Å²) in [5, 5.41) is 14.3. The molecular formula is C14H19N3O3S. The van der Waals surface area contributed by atoms with Crippen LogP contribution in [0.4, 0.5) is 0 Å². The molecule has 1 amide bonds. The SMILES string of the molecule is CCC(C)(CCO)NC(=O)Cn1cnc2sccc2c1=O. The fraction of sp³-hybridized carbons (Fsp3) is 0.500. The van der Waals surface area contributed by atoms with Crippen molar-refractivity contribution in [3.63, 3.8) is 0 Å². The third-order valence-electron chi connectivity index (χ3n) is 3.65. The van der Waals surface area contributed by atoms with Gasteiger partial charge in [0.25, 0.3) is 5.56 Å². The van der Waals surface area contributed by atoms with Crippen LogP contribution in [0.3, 0.4) is 0 Å². The van der Waals surface area contributed by atoms with Gasteiger partial charge >= 0.3 is 0 Å². The van der Waals surface area contributed by atoms with Gasteiger partial charge in [0.2, 0.25) is 5.91 Å². The van der Waals surface area contributed by atoms with Crippen LogP contribution in [0.25, 0.3) is 10.2 Å². The molecule has 0 saturated heterocycles. The van der Waals surface area contributed by atoms with Crippen LogP contribution in [-0.2, 0) is 11.3 Å². The van der Waals surface area contributed by atoms with Gasteiger partial charge in [-0.05, 0) is 31.2 Å². The van der Waals surface area contributed by atoms with E-state index >= 15 is 0 Å². The van der Waals surface area contributed by atoms with Crippen molar-refractivity contribution in [3.05, 3.63) is 28.1 Å². The summed E-state index contributed by atoms with van der Waals surface area (Å²) in [4.78, 5) is 29.2. The molecule has 0 aliphatic rings. The highest BCUT2D eigenvalue weighted by Gasteiger charge is 2.23. The predicted molar refractivity (Wildman–Crippen MR) is 82.4 cm³/mol. The second-order valence-electron chi connectivity index (χ2n) is 5.25. The third-order valence-corrected chi connectivity index (χ3v) is 4.47. The maximum absolute atomic E-state index is 12.2. The third kappa shape index (κ3) is 3.48. The lowest BCUT2D eigenvalue weighted by Crippen LogP contribution is -2.48. The molecule has 0 spiro atoms. The summed E-state index contributed by atoms with van der Waals surface area (Å²) in [6, 6.07) is 1.71. The van der Waals surface area contributed by atoms with E-state index in [1.54, 1.807) is 11.4 Å². The molecule has 1 unspecified atom stereocenters. The minimum absolute atomic E-state index is 0.00693. The smallest absolute Gasteiger partial charge is 0.262 e. The molecule has 0 bridgehead atoms. The van der Waals surface area contributed by atoms with E-state index in [1.807, 2.05) is 13.8 Å². The quantitative estimate of drug-likeness (QED) is 0.837. The molecule has 0 aliphatic heterocycles. The number of amides is 1. The zero-order valence-electron chi connectivity index (χ0n) is 12.1. The molecule has 2 N–H and O–H groups in total. The van der Waals surface area contributed by atoms with E-state index in [2.05, 4.69) is 10.3 Å². The molecule has 2 aromatic heterocycles. The van der Waals surface area contributed by atoms with Gasteiger partial charge in [-0.15, -0.1) is 11.3 Å². The van der Waals surface area contributed by atoms with Crippen molar-refractivity contribution in [2.24, 2.45) is 0 Å². The number of carbonyl (C=O) groups excluding carboxylic acids is 1. The van der Waals surface area contributed by atoms with Gasteiger partial charge in [0, 0.05) is 12.1 Å². The Hall–Kier alpha value is -1.73. The van der Waals surface area contributed by atoms with Crippen LogP contribution in [-0.4, -0.2) is 32.7 Å². The number of nitrogens with one attached hydrogen (secondary N) is 1. The van der Waals surface area contributed by atoms with E-state index in [-0.39, 0.29) is 24.6 Å². The number of hydrogen-bond acceptors (Lipinski definition) is 5. The topological polar surface area (TPSA) is 84.2 Å². The number of rotatable bonds is 6. The molecule has 2 rings (SSSR count). The Morgan fingerprint density at radius 2 is 2.33 bits per heavy atom. The predicted octanol–water partition coefficient (Wildman–Crippen LogP) is 1.13. The summed E-state index contributed by atoms with van der Waals surface area (Å²) in [7, 11) is 0. The van der Waals surface area contributed by atoms with Crippen molar-refractivity contribution < 1.29 is 9.90 Å². The number of aliphatic hydroxyl groups excluding tert-OH is 1. The molecule has 1 atom stereocenters. The highest BCUT2D eigenvalue weighted by molar-refractivity contribution is 7.16. The average Bonchev–Trinajstić information content (AvgIpc) is 2.91. The number of carbonyl (C=O) groups is 1. The van der Waals surface area contributed by atoms with Crippen molar-refractivity contribution >= 4 is 27.5 Å². The van der Waals surface area contributed by atoms with Crippen molar-refractivity contribution in [1.82, 2.24) is 14.9 Å². The molecule has 2 aromatic rings. The van der Waals surface area contributed by atoms with Gasteiger partial charge in [-0.2, -0.15) is 0 Å². The summed E-state index contributed by atoms with van der Waals surface area (Å²) in [6.45, 7) is 3.76. The minimum atomic E-state index is -0.463. The van der Waals surface area contributed by atoms with Crippen molar-refractivity contribution in [1.29, 1.82) is 0 Å². The number of hydrogen-bond donors (Lipinski definition) is 2. The Labute approximate surface area is 126 Å². The van der Waals surface area contributed by atoms with Crippen LogP contribution in [0.5, 0.6) is 0 Å². The zero-order chi connectivity index (χ0) is 15.5. The van der Waals surface area contributed by atoms with Gasteiger partial charge in [0.1, 0.15) is 11.4 Å². The van der Waals surface area contributed by atoms with Gasteiger partial charge in [-0.1, -0.05) is 6.92 Å². The van der Waals surface area contributed by atoms with E-state index < -0.39 is 5.54 Å². The number of thiophene rings is 1. The van der Waals surface area contributed by atoms with E-state index in [1.165, 1.54) is 22.2 Å². The fourth-order valence-corrected chi connectivity index (χ4v) is 2.83. The Morgan fingerprint density at radius 3 is 3.00 bits per heavy atom. The molecular weight excluding hydrogens is 290 g/mol. The molecule has 21 heavy (non-hydrogen) atoms. The lowest BCUT2D eigenvalue weighted by atomic mass is 9.95. The minimum Gasteiger partial charge on any atom is -0.396 e. The van der Waals surface area contributed by atoms with Gasteiger partial charge in [0.15, 0.2) is 0 Å². The van der Waals surface area contributed by atoms with E-state index in [0.29, 0.717) is 23.1 Å². The number of aromatic nitrogens is 2. The van der Waals surface area contributed by atoms with E-state index in [9.17, 15) is 9.59 Å². The van der Waals surface area contributed by atoms with Crippen molar-refractivity contribution in [2.75, 3.05) is 6.61 Å². The number of nitrogens with zero attached hydrogens (tertiary/aromatic N) is 2. The first-order valence-electron chi connectivity index (χ1n) is 6.83. The highest BCUT2D eigenvalue weighted by Crippen LogP contribution is 2.14. The van der Waals surface area contributed by atoms with Crippen LogP contribution in [0.1, 0.15) is 26.7 Å². The second kappa shape index (κ2) is 6.36. The van der Waals surface area contributed by atoms with Crippen molar-refractivity contribution in [3.8, 4) is 0 Å².